The molecule has 0 spiro atoms. The number of thioether (sulfide) groups is 1. The minimum absolute atomic E-state index is 0.0493. The van der Waals surface area contributed by atoms with Crippen LogP contribution in [0, 0.1) is 11.3 Å². The highest BCUT2D eigenvalue weighted by atomic mass is 32.2. The van der Waals surface area contributed by atoms with Gasteiger partial charge in [-0.15, -0.1) is 0 Å². The summed E-state index contributed by atoms with van der Waals surface area (Å²) in [4.78, 5) is 14.5. The normalized spacial score (nSPS) is 20.9. The second kappa shape index (κ2) is 6.78. The van der Waals surface area contributed by atoms with Gasteiger partial charge < -0.3 is 5.32 Å². The van der Waals surface area contributed by atoms with Crippen LogP contribution in [0.3, 0.4) is 0 Å². The Morgan fingerprint density at radius 1 is 1.55 bits per heavy atom. The number of amides is 1. The molecule has 20 heavy (non-hydrogen) atoms. The van der Waals surface area contributed by atoms with Crippen molar-refractivity contribution < 1.29 is 4.79 Å². The second-order valence-electron chi connectivity index (χ2n) is 5.00. The Labute approximate surface area is 124 Å². The molecule has 1 aromatic rings. The maximum Gasteiger partial charge on any atom is 0.241 e. The molecule has 2 unspecified atom stereocenters. The molecule has 1 amide bonds. The van der Waals surface area contributed by atoms with Gasteiger partial charge in [-0.3, -0.25) is 9.69 Å². The van der Waals surface area contributed by atoms with E-state index in [9.17, 15) is 4.79 Å². The lowest BCUT2D eigenvalue weighted by Gasteiger charge is -2.34. The number of anilines is 1. The van der Waals surface area contributed by atoms with Crippen LogP contribution in [0.2, 0.25) is 0 Å². The number of para-hydroxylation sites is 1. The van der Waals surface area contributed by atoms with Crippen molar-refractivity contribution in [2.45, 2.75) is 25.1 Å². The van der Waals surface area contributed by atoms with Gasteiger partial charge in [0, 0.05) is 24.1 Å². The predicted octanol–water partition coefficient (Wildman–Crippen LogP) is 2.32. The fourth-order valence-corrected chi connectivity index (χ4v) is 3.33. The van der Waals surface area contributed by atoms with Crippen molar-refractivity contribution in [1.29, 1.82) is 5.26 Å². The molecule has 2 atom stereocenters. The molecule has 1 fully saturated rings. The van der Waals surface area contributed by atoms with Gasteiger partial charge in [-0.2, -0.15) is 17.0 Å². The molecule has 0 aromatic heterocycles. The van der Waals surface area contributed by atoms with E-state index in [1.807, 2.05) is 24.8 Å². The Morgan fingerprint density at radius 3 is 3.00 bits per heavy atom. The molecular weight excluding hydrogens is 270 g/mol. The lowest BCUT2D eigenvalue weighted by Crippen LogP contribution is -2.47. The standard InChI is InChI=1S/C15H19N3OS/c1-11-10-18(7-8-20-11)12(2)15(19)17-14-6-4-3-5-13(14)9-16/h3-6,11-12H,7-8,10H2,1-2H3,(H,17,19). The molecule has 0 bridgehead atoms. The first-order valence-electron chi connectivity index (χ1n) is 6.77. The minimum Gasteiger partial charge on any atom is -0.324 e. The maximum absolute atomic E-state index is 12.3. The molecule has 0 aliphatic carbocycles. The summed E-state index contributed by atoms with van der Waals surface area (Å²) in [6.07, 6.45) is 0. The number of rotatable bonds is 3. The molecule has 1 N–H and O–H groups in total. The minimum atomic E-state index is -0.176. The van der Waals surface area contributed by atoms with Crippen LogP contribution < -0.4 is 5.32 Å². The van der Waals surface area contributed by atoms with Gasteiger partial charge in [0.25, 0.3) is 0 Å². The Bertz CT molecular complexity index is 526. The van der Waals surface area contributed by atoms with E-state index in [1.165, 1.54) is 0 Å². The summed E-state index contributed by atoms with van der Waals surface area (Å²) in [7, 11) is 0. The van der Waals surface area contributed by atoms with E-state index < -0.39 is 0 Å². The SMILES string of the molecule is CC1CN(C(C)C(=O)Nc2ccccc2C#N)CCS1. The highest BCUT2D eigenvalue weighted by molar-refractivity contribution is 7.99. The van der Waals surface area contributed by atoms with E-state index in [1.54, 1.807) is 18.2 Å². The Hall–Kier alpha value is -1.51. The topological polar surface area (TPSA) is 56.1 Å². The third kappa shape index (κ3) is 3.53. The highest BCUT2D eigenvalue weighted by Gasteiger charge is 2.26. The lowest BCUT2D eigenvalue weighted by atomic mass is 10.1. The zero-order valence-electron chi connectivity index (χ0n) is 11.8. The summed E-state index contributed by atoms with van der Waals surface area (Å²) in [5, 5.41) is 12.5. The number of carbonyl (C=O) groups excluding carboxylic acids is 1. The smallest absolute Gasteiger partial charge is 0.241 e. The molecule has 5 heteroatoms. The predicted molar refractivity (Wildman–Crippen MR) is 82.7 cm³/mol. The molecule has 4 nitrogen and oxygen atoms in total. The van der Waals surface area contributed by atoms with E-state index in [-0.39, 0.29) is 11.9 Å². The van der Waals surface area contributed by atoms with Crippen LogP contribution >= 0.6 is 11.8 Å². The molecule has 0 saturated carbocycles. The van der Waals surface area contributed by atoms with Gasteiger partial charge in [0.1, 0.15) is 6.07 Å². The average molecular weight is 289 g/mol. The van der Waals surface area contributed by atoms with Crippen LogP contribution in [0.15, 0.2) is 24.3 Å². The quantitative estimate of drug-likeness (QED) is 0.928. The number of nitrogens with one attached hydrogen (secondary N) is 1. The molecule has 0 radical (unpaired) electrons. The van der Waals surface area contributed by atoms with Gasteiger partial charge in [-0.1, -0.05) is 19.1 Å². The summed E-state index contributed by atoms with van der Waals surface area (Å²) >= 11 is 1.94. The second-order valence-corrected chi connectivity index (χ2v) is 6.55. The van der Waals surface area contributed by atoms with Crippen molar-refractivity contribution in [2.75, 3.05) is 24.2 Å². The number of hydrogen-bond donors (Lipinski definition) is 1. The van der Waals surface area contributed by atoms with Crippen LogP contribution in [0.4, 0.5) is 5.69 Å². The molecule has 1 aromatic carbocycles. The van der Waals surface area contributed by atoms with Crippen LogP contribution in [-0.2, 0) is 4.79 Å². The van der Waals surface area contributed by atoms with Crippen molar-refractivity contribution in [1.82, 2.24) is 4.90 Å². The largest absolute Gasteiger partial charge is 0.324 e. The first-order chi connectivity index (χ1) is 9.61. The van der Waals surface area contributed by atoms with Gasteiger partial charge in [0.05, 0.1) is 17.3 Å². The Morgan fingerprint density at radius 2 is 2.30 bits per heavy atom. The van der Waals surface area contributed by atoms with Gasteiger partial charge >= 0.3 is 0 Å². The number of hydrogen-bond acceptors (Lipinski definition) is 4. The first kappa shape index (κ1) is 14.9. The zero-order valence-corrected chi connectivity index (χ0v) is 12.6. The van der Waals surface area contributed by atoms with Crippen molar-refractivity contribution in [3.8, 4) is 6.07 Å². The molecule has 106 valence electrons. The van der Waals surface area contributed by atoms with Crippen LogP contribution in [0.25, 0.3) is 0 Å². The van der Waals surface area contributed by atoms with E-state index >= 15 is 0 Å². The highest BCUT2D eigenvalue weighted by Crippen LogP contribution is 2.20. The zero-order chi connectivity index (χ0) is 14.5. The summed E-state index contributed by atoms with van der Waals surface area (Å²) < 4.78 is 0. The van der Waals surface area contributed by atoms with E-state index in [0.29, 0.717) is 16.5 Å². The Balaban J connectivity index is 2.02. The average Bonchev–Trinajstić information content (AvgIpc) is 2.47. The molecule has 1 heterocycles. The number of nitrogens with zero attached hydrogens (tertiary/aromatic N) is 2. The van der Waals surface area contributed by atoms with Gasteiger partial charge in [0.15, 0.2) is 0 Å². The van der Waals surface area contributed by atoms with Gasteiger partial charge in [-0.25, -0.2) is 0 Å². The maximum atomic E-state index is 12.3. The summed E-state index contributed by atoms with van der Waals surface area (Å²) in [6, 6.07) is 9.00. The van der Waals surface area contributed by atoms with Crippen molar-refractivity contribution >= 4 is 23.4 Å². The van der Waals surface area contributed by atoms with Crippen molar-refractivity contribution in [2.24, 2.45) is 0 Å². The Kier molecular flexibility index (Phi) is 5.05. The van der Waals surface area contributed by atoms with E-state index in [0.717, 1.165) is 18.8 Å². The fraction of sp³-hybridized carbons (Fsp3) is 0.467. The van der Waals surface area contributed by atoms with Crippen molar-refractivity contribution in [3.63, 3.8) is 0 Å². The lowest BCUT2D eigenvalue weighted by molar-refractivity contribution is -0.120. The molecule has 1 aliphatic rings. The summed E-state index contributed by atoms with van der Waals surface area (Å²) in [5.74, 6) is 1.01. The molecule has 2 rings (SSSR count). The van der Waals surface area contributed by atoms with Crippen molar-refractivity contribution in [3.05, 3.63) is 29.8 Å². The van der Waals surface area contributed by atoms with E-state index in [2.05, 4.69) is 23.2 Å². The number of benzene rings is 1. The van der Waals surface area contributed by atoms with Gasteiger partial charge in [0.2, 0.25) is 5.91 Å². The van der Waals surface area contributed by atoms with Crippen LogP contribution in [0.1, 0.15) is 19.4 Å². The number of nitriles is 1. The first-order valence-corrected chi connectivity index (χ1v) is 7.82. The third-order valence-corrected chi connectivity index (χ3v) is 4.64. The molecule has 1 saturated heterocycles. The number of carbonyl (C=O) groups is 1. The van der Waals surface area contributed by atoms with Crippen LogP contribution in [-0.4, -0.2) is 40.9 Å². The van der Waals surface area contributed by atoms with E-state index in [4.69, 9.17) is 5.26 Å². The van der Waals surface area contributed by atoms with Gasteiger partial charge in [-0.05, 0) is 19.1 Å². The summed E-state index contributed by atoms with van der Waals surface area (Å²) in [6.45, 7) is 5.97. The van der Waals surface area contributed by atoms with Crippen LogP contribution in [0.5, 0.6) is 0 Å². The monoisotopic (exact) mass is 289 g/mol. The molecular formula is C15H19N3OS. The fourth-order valence-electron chi connectivity index (χ4n) is 2.29. The summed E-state index contributed by atoms with van der Waals surface area (Å²) in [5.41, 5.74) is 1.09. The molecule has 1 aliphatic heterocycles. The third-order valence-electron chi connectivity index (χ3n) is 3.51.